The van der Waals surface area contributed by atoms with Gasteiger partial charge in [0.1, 0.15) is 5.75 Å². The zero-order chi connectivity index (χ0) is 29.4. The predicted octanol–water partition coefficient (Wildman–Crippen LogP) is 6.11. The summed E-state index contributed by atoms with van der Waals surface area (Å²) in [4.78, 5) is 30.6. The maximum atomic E-state index is 13.8. The number of amides is 2. The Morgan fingerprint density at radius 1 is 0.951 bits per heavy atom. The number of rotatable bonds is 11. The number of nitrogens with one attached hydrogen (secondary N) is 1. The Balaban J connectivity index is 1.55. The van der Waals surface area contributed by atoms with Crippen molar-refractivity contribution in [3.05, 3.63) is 89.5 Å². The zero-order valence-electron chi connectivity index (χ0n) is 24.9. The summed E-state index contributed by atoms with van der Waals surface area (Å²) in [5.74, 6) is 0.960. The number of ether oxygens (including phenoxy) is 1. The van der Waals surface area contributed by atoms with Gasteiger partial charge in [-0.15, -0.1) is 0 Å². The van der Waals surface area contributed by atoms with E-state index in [1.807, 2.05) is 55.5 Å². The highest BCUT2D eigenvalue weighted by atomic mass is 16.5. The molecule has 3 N–H and O–H groups in total. The average Bonchev–Trinajstić information content (AvgIpc) is 3.51. The van der Waals surface area contributed by atoms with Crippen LogP contribution < -0.4 is 20.7 Å². The lowest BCUT2D eigenvalue weighted by Gasteiger charge is -2.27. The first kappa shape index (κ1) is 30.3. The number of nitrogens with zero attached hydrogens (tertiary/aromatic N) is 2. The van der Waals surface area contributed by atoms with Gasteiger partial charge in [0.2, 0.25) is 11.8 Å². The highest BCUT2D eigenvalue weighted by Crippen LogP contribution is 2.34. The Morgan fingerprint density at radius 2 is 1.66 bits per heavy atom. The molecule has 7 nitrogen and oxygen atoms in total. The maximum Gasteiger partial charge on any atom is 0.227 e. The molecule has 41 heavy (non-hydrogen) atoms. The summed E-state index contributed by atoms with van der Waals surface area (Å²) >= 11 is 0. The van der Waals surface area contributed by atoms with E-state index in [9.17, 15) is 9.59 Å². The van der Waals surface area contributed by atoms with Gasteiger partial charge in [-0.2, -0.15) is 0 Å². The van der Waals surface area contributed by atoms with Crippen LogP contribution in [-0.4, -0.2) is 36.0 Å². The number of likely N-dealkylation sites (tertiary alicyclic amines) is 1. The summed E-state index contributed by atoms with van der Waals surface area (Å²) in [5, 5.41) is 3.06. The molecule has 1 atom stereocenters. The van der Waals surface area contributed by atoms with E-state index in [0.717, 1.165) is 37.1 Å². The molecule has 1 unspecified atom stereocenters. The van der Waals surface area contributed by atoms with Gasteiger partial charge in [-0.1, -0.05) is 69.3 Å². The quantitative estimate of drug-likeness (QED) is 0.298. The predicted molar refractivity (Wildman–Crippen MR) is 165 cm³/mol. The number of anilines is 1. The second-order valence-electron chi connectivity index (χ2n) is 11.8. The minimum atomic E-state index is -0.138. The lowest BCUT2D eigenvalue weighted by Crippen LogP contribution is -2.45. The van der Waals surface area contributed by atoms with Crippen LogP contribution in [0.2, 0.25) is 0 Å². The van der Waals surface area contributed by atoms with Crippen molar-refractivity contribution in [2.45, 2.75) is 78.0 Å². The van der Waals surface area contributed by atoms with E-state index in [0.29, 0.717) is 30.3 Å². The molecule has 0 bridgehead atoms. The van der Waals surface area contributed by atoms with E-state index in [1.165, 1.54) is 5.56 Å². The van der Waals surface area contributed by atoms with E-state index in [1.54, 1.807) is 4.90 Å². The van der Waals surface area contributed by atoms with Crippen LogP contribution in [0.5, 0.6) is 11.5 Å². The fraction of sp³-hybridized carbons (Fsp3) is 0.412. The second kappa shape index (κ2) is 13.8. The van der Waals surface area contributed by atoms with Crippen LogP contribution in [0.3, 0.4) is 0 Å². The molecule has 0 saturated carbocycles. The van der Waals surface area contributed by atoms with Crippen LogP contribution in [0.15, 0.2) is 72.8 Å². The van der Waals surface area contributed by atoms with Crippen LogP contribution in [-0.2, 0) is 28.1 Å². The van der Waals surface area contributed by atoms with Gasteiger partial charge in [0.25, 0.3) is 0 Å². The highest BCUT2D eigenvalue weighted by molar-refractivity contribution is 5.96. The lowest BCUT2D eigenvalue weighted by atomic mass is 9.87. The Bertz CT molecular complexity index is 1310. The van der Waals surface area contributed by atoms with Crippen LogP contribution in [0.1, 0.15) is 70.1 Å². The molecule has 0 aromatic heterocycles. The maximum absolute atomic E-state index is 13.8. The van der Waals surface area contributed by atoms with Gasteiger partial charge in [0.05, 0.1) is 18.4 Å². The molecule has 7 heteroatoms. The second-order valence-corrected chi connectivity index (χ2v) is 11.8. The normalized spacial score (nSPS) is 14.5. The number of carbonyl (C=O) groups excluding carboxylic acids is 2. The third-order valence-electron chi connectivity index (χ3n) is 7.60. The zero-order valence-corrected chi connectivity index (χ0v) is 24.9. The van der Waals surface area contributed by atoms with Gasteiger partial charge in [-0.05, 0) is 66.1 Å². The van der Waals surface area contributed by atoms with E-state index in [2.05, 4.69) is 55.3 Å². The number of hydrogen-bond donors (Lipinski definition) is 2. The van der Waals surface area contributed by atoms with Crippen molar-refractivity contribution in [3.63, 3.8) is 0 Å². The lowest BCUT2D eigenvalue weighted by molar-refractivity contribution is -0.126. The van der Waals surface area contributed by atoms with Crippen LogP contribution in [0.4, 0.5) is 5.69 Å². The van der Waals surface area contributed by atoms with Gasteiger partial charge >= 0.3 is 0 Å². The molecule has 1 aliphatic heterocycles. The van der Waals surface area contributed by atoms with Gasteiger partial charge in [0.15, 0.2) is 5.75 Å². The number of nitrogens with two attached hydrogens (primary N) is 1. The van der Waals surface area contributed by atoms with Crippen molar-refractivity contribution in [2.75, 3.05) is 18.0 Å². The monoisotopic (exact) mass is 556 g/mol. The summed E-state index contributed by atoms with van der Waals surface area (Å²) in [5.41, 5.74) is 9.71. The van der Waals surface area contributed by atoms with E-state index in [-0.39, 0.29) is 36.2 Å². The largest absolute Gasteiger partial charge is 0.455 e. The van der Waals surface area contributed by atoms with Crippen molar-refractivity contribution >= 4 is 17.5 Å². The molecule has 3 aromatic rings. The summed E-state index contributed by atoms with van der Waals surface area (Å²) in [6.07, 6.45) is 2.49. The van der Waals surface area contributed by atoms with E-state index >= 15 is 0 Å². The number of carbonyl (C=O) groups is 2. The molecule has 1 aliphatic rings. The molecule has 0 spiro atoms. The number of hydrogen-bond acceptors (Lipinski definition) is 5. The first-order valence-electron chi connectivity index (χ1n) is 14.6. The van der Waals surface area contributed by atoms with Crippen molar-refractivity contribution in [2.24, 2.45) is 5.73 Å². The molecule has 4 rings (SSSR count). The van der Waals surface area contributed by atoms with Crippen LogP contribution in [0.25, 0.3) is 0 Å². The number of benzene rings is 3. The molecule has 2 amide bonds. The van der Waals surface area contributed by atoms with Crippen molar-refractivity contribution < 1.29 is 14.3 Å². The third kappa shape index (κ3) is 8.41. The topological polar surface area (TPSA) is 87.9 Å². The molecule has 3 aromatic carbocycles. The van der Waals surface area contributed by atoms with Crippen molar-refractivity contribution in [1.29, 1.82) is 0 Å². The van der Waals surface area contributed by atoms with Crippen molar-refractivity contribution in [1.82, 2.24) is 10.2 Å². The first-order valence-corrected chi connectivity index (χ1v) is 14.6. The van der Waals surface area contributed by atoms with Crippen LogP contribution in [0, 0.1) is 0 Å². The standard InChI is InChI=1S/C34H44N4O3/c1-25(37-20-7-8-21-37)36-32(39)18-19-33(40)38(24-26-14-16-28(17-15-26)34(2,3)4)30-12-5-6-13-31(30)41-29-11-9-10-27(22-29)23-35/h5-6,9-17,22,25H,7-8,18-21,23-24,35H2,1-4H3,(H,36,39). The van der Waals surface area contributed by atoms with E-state index in [4.69, 9.17) is 10.5 Å². The van der Waals surface area contributed by atoms with E-state index < -0.39 is 0 Å². The van der Waals surface area contributed by atoms with Crippen LogP contribution >= 0.6 is 0 Å². The molecule has 0 radical (unpaired) electrons. The third-order valence-corrected chi connectivity index (χ3v) is 7.60. The molecule has 1 heterocycles. The molecule has 0 aliphatic carbocycles. The van der Waals surface area contributed by atoms with Gasteiger partial charge < -0.3 is 20.7 Å². The number of para-hydroxylation sites is 2. The minimum absolute atomic E-state index is 0.0315. The van der Waals surface area contributed by atoms with Gasteiger partial charge in [0, 0.05) is 32.5 Å². The van der Waals surface area contributed by atoms with Crippen molar-refractivity contribution in [3.8, 4) is 11.5 Å². The first-order chi connectivity index (χ1) is 19.6. The Hall–Kier alpha value is -3.68. The molecular formula is C34H44N4O3. The fourth-order valence-electron chi connectivity index (χ4n) is 5.11. The summed E-state index contributed by atoms with van der Waals surface area (Å²) < 4.78 is 6.29. The smallest absolute Gasteiger partial charge is 0.227 e. The average molecular weight is 557 g/mol. The fourth-order valence-corrected chi connectivity index (χ4v) is 5.11. The summed E-state index contributed by atoms with van der Waals surface area (Å²) in [6.45, 7) is 11.3. The van der Waals surface area contributed by atoms with Gasteiger partial charge in [-0.25, -0.2) is 0 Å². The van der Waals surface area contributed by atoms with Gasteiger partial charge in [-0.3, -0.25) is 14.5 Å². The molecule has 1 fully saturated rings. The molecular weight excluding hydrogens is 512 g/mol. The minimum Gasteiger partial charge on any atom is -0.455 e. The Labute approximate surface area is 244 Å². The Kier molecular flexibility index (Phi) is 10.2. The molecule has 218 valence electrons. The highest BCUT2D eigenvalue weighted by Gasteiger charge is 2.24. The summed E-state index contributed by atoms with van der Waals surface area (Å²) in [6, 6.07) is 23.5. The summed E-state index contributed by atoms with van der Waals surface area (Å²) in [7, 11) is 0. The molecule has 1 saturated heterocycles. The SMILES string of the molecule is CC(NC(=O)CCC(=O)N(Cc1ccc(C(C)(C)C)cc1)c1ccccc1Oc1cccc(CN)c1)N1CCCC1. The Morgan fingerprint density at radius 3 is 2.34 bits per heavy atom.